The van der Waals surface area contributed by atoms with Crippen LogP contribution in [-0.4, -0.2) is 30.5 Å². The van der Waals surface area contributed by atoms with Crippen molar-refractivity contribution in [2.45, 2.75) is 90.0 Å². The summed E-state index contributed by atoms with van der Waals surface area (Å²) in [4.78, 5) is 13.0. The summed E-state index contributed by atoms with van der Waals surface area (Å²) in [6, 6.07) is 0. The summed E-state index contributed by atoms with van der Waals surface area (Å²) in [7, 11) is 3.62. The Hall–Kier alpha value is -0.570. The van der Waals surface area contributed by atoms with E-state index in [2.05, 4.69) is 6.92 Å². The molecule has 120 valence electrons. The number of carbonyl (C=O) groups excluding carboxylic acids is 1. The quantitative estimate of drug-likeness (QED) is 0.487. The van der Waals surface area contributed by atoms with Crippen molar-refractivity contribution < 1.29 is 9.90 Å². The molecule has 0 aromatic heterocycles. The minimum absolute atomic E-state index is 0.679. The molecule has 0 fully saturated rings. The third kappa shape index (κ3) is 7.88. The van der Waals surface area contributed by atoms with E-state index in [1.807, 2.05) is 14.1 Å². The Morgan fingerprint density at radius 2 is 1.30 bits per heavy atom. The van der Waals surface area contributed by atoms with Crippen molar-refractivity contribution >= 4 is 5.97 Å². The number of carboxylic acid groups (broad SMARTS) is 1. The number of carbonyl (C=O) groups is 1. The van der Waals surface area contributed by atoms with Crippen LogP contribution in [0.1, 0.15) is 84.5 Å². The molecule has 0 aromatic carbocycles. The Kier molecular flexibility index (Phi) is 10.8. The molecule has 0 saturated carbocycles. The Balaban J connectivity index is 3.54. The van der Waals surface area contributed by atoms with E-state index in [0.717, 1.165) is 12.8 Å². The number of unbranched alkanes of at least 4 members (excludes halogenated alkanes) is 9. The summed E-state index contributed by atoms with van der Waals surface area (Å²) < 4.78 is 0. The van der Waals surface area contributed by atoms with Gasteiger partial charge in [-0.15, -0.1) is 0 Å². The molecule has 0 amide bonds. The first-order valence-electron chi connectivity index (χ1n) is 8.34. The Labute approximate surface area is 125 Å². The van der Waals surface area contributed by atoms with Gasteiger partial charge < -0.3 is 9.90 Å². The van der Waals surface area contributed by atoms with Gasteiger partial charge in [0, 0.05) is 0 Å². The lowest BCUT2D eigenvalue weighted by atomic mass is 9.92. The average molecular weight is 284 g/mol. The monoisotopic (exact) mass is 284 g/mol. The van der Waals surface area contributed by atoms with Gasteiger partial charge in [-0.05, 0) is 27.4 Å². The van der Waals surface area contributed by atoms with E-state index in [4.69, 9.17) is 0 Å². The minimum atomic E-state index is -0.960. The van der Waals surface area contributed by atoms with Crippen LogP contribution in [0.2, 0.25) is 0 Å². The van der Waals surface area contributed by atoms with Gasteiger partial charge in [0.25, 0.3) is 0 Å². The molecule has 0 heterocycles. The van der Waals surface area contributed by atoms with Crippen molar-refractivity contribution in [2.75, 3.05) is 14.1 Å². The van der Waals surface area contributed by atoms with Crippen molar-refractivity contribution in [3.05, 3.63) is 0 Å². The zero-order valence-electron chi connectivity index (χ0n) is 14.0. The van der Waals surface area contributed by atoms with Crippen LogP contribution < -0.4 is 5.11 Å². The summed E-state index contributed by atoms with van der Waals surface area (Å²) in [5.74, 6) is -0.960. The fraction of sp³-hybridized carbons (Fsp3) is 0.941. The highest BCUT2D eigenvalue weighted by Gasteiger charge is 2.27. The molecule has 0 spiro atoms. The lowest BCUT2D eigenvalue weighted by Gasteiger charge is -2.37. The normalized spacial score (nSPS) is 14.4. The zero-order valence-corrected chi connectivity index (χ0v) is 14.0. The molecular weight excluding hydrogens is 250 g/mol. The van der Waals surface area contributed by atoms with Crippen LogP contribution in [0.3, 0.4) is 0 Å². The van der Waals surface area contributed by atoms with E-state index < -0.39 is 11.5 Å². The number of aliphatic carboxylic acids is 1. The minimum Gasteiger partial charge on any atom is -0.548 e. The van der Waals surface area contributed by atoms with Crippen LogP contribution in [-0.2, 0) is 4.79 Å². The molecule has 0 rings (SSSR count). The Morgan fingerprint density at radius 1 is 0.900 bits per heavy atom. The van der Waals surface area contributed by atoms with Crippen molar-refractivity contribution in [3.63, 3.8) is 0 Å². The van der Waals surface area contributed by atoms with Gasteiger partial charge in [-0.2, -0.15) is 0 Å². The first-order valence-corrected chi connectivity index (χ1v) is 8.34. The number of hydrogen-bond donors (Lipinski definition) is 0. The number of nitrogens with zero attached hydrogens (tertiary/aromatic N) is 1. The van der Waals surface area contributed by atoms with Gasteiger partial charge in [0.1, 0.15) is 0 Å². The van der Waals surface area contributed by atoms with E-state index in [0.29, 0.717) is 6.42 Å². The van der Waals surface area contributed by atoms with Crippen LogP contribution in [0.5, 0.6) is 0 Å². The number of likely N-dealkylation sites (N-methyl/N-ethyl adjacent to an activating group) is 1. The summed E-state index contributed by atoms with van der Waals surface area (Å²) in [5, 5.41) is 11.2. The lowest BCUT2D eigenvalue weighted by Crippen LogP contribution is -2.55. The number of hydrogen-bond acceptors (Lipinski definition) is 3. The fourth-order valence-electron chi connectivity index (χ4n) is 2.46. The number of carboxylic acids is 1. The summed E-state index contributed by atoms with van der Waals surface area (Å²) in [5.41, 5.74) is -0.819. The van der Waals surface area contributed by atoms with E-state index in [-0.39, 0.29) is 0 Å². The molecule has 3 nitrogen and oxygen atoms in total. The van der Waals surface area contributed by atoms with Crippen LogP contribution in [0.15, 0.2) is 0 Å². The smallest absolute Gasteiger partial charge is 0.0615 e. The van der Waals surface area contributed by atoms with Gasteiger partial charge in [-0.3, -0.25) is 4.90 Å². The maximum absolute atomic E-state index is 11.2. The third-order valence-corrected chi connectivity index (χ3v) is 4.44. The predicted molar refractivity (Wildman–Crippen MR) is 83.6 cm³/mol. The summed E-state index contributed by atoms with van der Waals surface area (Å²) in [6.07, 6.45) is 13.4. The fourth-order valence-corrected chi connectivity index (χ4v) is 2.46. The van der Waals surface area contributed by atoms with Gasteiger partial charge in [-0.25, -0.2) is 0 Å². The van der Waals surface area contributed by atoms with Gasteiger partial charge >= 0.3 is 0 Å². The second-order valence-electron chi connectivity index (χ2n) is 6.39. The molecule has 0 N–H and O–H groups in total. The maximum Gasteiger partial charge on any atom is 0.0615 e. The largest absolute Gasteiger partial charge is 0.548 e. The van der Waals surface area contributed by atoms with Crippen LogP contribution in [0.4, 0.5) is 0 Å². The molecular formula is C17H34NO2-. The van der Waals surface area contributed by atoms with Crippen molar-refractivity contribution in [3.8, 4) is 0 Å². The standard InChI is InChI=1S/C17H35NO2/c1-5-6-7-8-9-10-11-12-13-14-15-17(2,16(19)20)18(3)4/h5-15H2,1-4H3,(H,19,20)/p-1. The Morgan fingerprint density at radius 3 is 1.65 bits per heavy atom. The second-order valence-corrected chi connectivity index (χ2v) is 6.39. The van der Waals surface area contributed by atoms with Crippen molar-refractivity contribution in [1.82, 2.24) is 4.90 Å². The summed E-state index contributed by atoms with van der Waals surface area (Å²) in [6.45, 7) is 4.00. The van der Waals surface area contributed by atoms with E-state index in [1.165, 1.54) is 51.4 Å². The van der Waals surface area contributed by atoms with E-state index in [9.17, 15) is 9.90 Å². The molecule has 1 atom stereocenters. The molecule has 0 aliphatic heterocycles. The van der Waals surface area contributed by atoms with Crippen LogP contribution in [0, 0.1) is 0 Å². The van der Waals surface area contributed by atoms with Gasteiger partial charge in [0.05, 0.1) is 11.5 Å². The van der Waals surface area contributed by atoms with Gasteiger partial charge in [0.15, 0.2) is 0 Å². The number of rotatable bonds is 13. The molecule has 0 saturated heterocycles. The van der Waals surface area contributed by atoms with Gasteiger partial charge in [-0.1, -0.05) is 71.1 Å². The van der Waals surface area contributed by atoms with Crippen LogP contribution in [0.25, 0.3) is 0 Å². The molecule has 0 radical (unpaired) electrons. The zero-order chi connectivity index (χ0) is 15.4. The predicted octanol–water partition coefficient (Wildman–Crippen LogP) is 3.37. The van der Waals surface area contributed by atoms with Crippen molar-refractivity contribution in [1.29, 1.82) is 0 Å². The van der Waals surface area contributed by atoms with E-state index >= 15 is 0 Å². The van der Waals surface area contributed by atoms with Gasteiger partial charge in [0.2, 0.25) is 0 Å². The molecule has 3 heteroatoms. The molecule has 0 aliphatic rings. The topological polar surface area (TPSA) is 43.4 Å². The molecule has 0 bridgehead atoms. The molecule has 0 aromatic rings. The highest BCUT2D eigenvalue weighted by atomic mass is 16.4. The molecule has 20 heavy (non-hydrogen) atoms. The first-order chi connectivity index (χ1) is 9.45. The van der Waals surface area contributed by atoms with E-state index in [1.54, 1.807) is 11.8 Å². The van der Waals surface area contributed by atoms with Crippen LogP contribution >= 0.6 is 0 Å². The SMILES string of the molecule is CCCCCCCCCCCCC(C)(C(=O)[O-])N(C)C. The summed E-state index contributed by atoms with van der Waals surface area (Å²) >= 11 is 0. The molecule has 1 unspecified atom stereocenters. The average Bonchev–Trinajstić information content (AvgIpc) is 2.40. The highest BCUT2D eigenvalue weighted by Crippen LogP contribution is 2.20. The second kappa shape index (κ2) is 11.1. The molecule has 0 aliphatic carbocycles. The first kappa shape index (κ1) is 19.4. The third-order valence-electron chi connectivity index (χ3n) is 4.44. The maximum atomic E-state index is 11.2. The lowest BCUT2D eigenvalue weighted by molar-refractivity contribution is -0.318. The van der Waals surface area contributed by atoms with Crippen molar-refractivity contribution in [2.24, 2.45) is 0 Å². The highest BCUT2D eigenvalue weighted by molar-refractivity contribution is 5.75. The Bertz CT molecular complexity index is 253.